The molecule has 4 nitrogen and oxygen atoms in total. The van der Waals surface area contributed by atoms with Crippen LogP contribution in [0.4, 0.5) is 0 Å². The van der Waals surface area contributed by atoms with Crippen molar-refractivity contribution in [3.63, 3.8) is 0 Å². The number of nitrogens with zero attached hydrogens (tertiary/aromatic N) is 2. The van der Waals surface area contributed by atoms with Crippen LogP contribution in [0, 0.1) is 5.92 Å². The summed E-state index contributed by atoms with van der Waals surface area (Å²) in [5.41, 5.74) is -1.16. The Balaban J connectivity index is 5.03. The van der Waals surface area contributed by atoms with Crippen LogP contribution in [0.1, 0.15) is 67.7 Å². The lowest BCUT2D eigenvalue weighted by atomic mass is 9.87. The third-order valence-electron chi connectivity index (χ3n) is 2.95. The number of azo groups is 1. The number of rotatable bonds is 8. The highest BCUT2D eigenvalue weighted by molar-refractivity contribution is 8.13. The highest BCUT2D eigenvalue weighted by Gasteiger charge is 2.39. The van der Waals surface area contributed by atoms with Gasteiger partial charge >= 0.3 is 0 Å². The van der Waals surface area contributed by atoms with Gasteiger partial charge in [-0.3, -0.25) is 4.79 Å². The maximum atomic E-state index is 12.2. The average Bonchev–Trinajstić information content (AvgIpc) is 2.34. The van der Waals surface area contributed by atoms with E-state index in [0.29, 0.717) is 12.3 Å². The third kappa shape index (κ3) is 8.57. The maximum absolute atomic E-state index is 12.2. The Morgan fingerprint density at radius 2 is 1.76 bits per heavy atom. The molecule has 1 unspecified atom stereocenters. The highest BCUT2D eigenvalue weighted by Crippen LogP contribution is 2.30. The van der Waals surface area contributed by atoms with Crippen molar-refractivity contribution in [2.45, 2.75) is 84.9 Å². The summed E-state index contributed by atoms with van der Waals surface area (Å²) in [5.74, 6) is 1.08. The molecule has 0 bridgehead atoms. The van der Waals surface area contributed by atoms with Crippen molar-refractivity contribution < 1.29 is 9.90 Å². The lowest BCUT2D eigenvalue weighted by Gasteiger charge is -2.31. The SMILES string of the molecule is CCCCSC(=O)[C@@H](O)C(C)(CC(C)C)/N=N/C(C)(C)C. The highest BCUT2D eigenvalue weighted by atomic mass is 32.2. The molecule has 0 amide bonds. The molecular weight excluding hydrogens is 284 g/mol. The van der Waals surface area contributed by atoms with Gasteiger partial charge in [0.05, 0.1) is 5.54 Å². The van der Waals surface area contributed by atoms with Gasteiger partial charge in [-0.1, -0.05) is 39.0 Å². The summed E-state index contributed by atoms with van der Waals surface area (Å²) in [5, 5.41) is 18.9. The zero-order chi connectivity index (χ0) is 16.7. The van der Waals surface area contributed by atoms with Gasteiger partial charge in [-0.25, -0.2) is 0 Å². The smallest absolute Gasteiger partial charge is 0.219 e. The molecule has 124 valence electrons. The van der Waals surface area contributed by atoms with Gasteiger partial charge in [0.25, 0.3) is 0 Å². The monoisotopic (exact) mass is 316 g/mol. The first-order valence-corrected chi connectivity index (χ1v) is 8.79. The molecule has 0 aliphatic heterocycles. The fourth-order valence-corrected chi connectivity index (χ4v) is 2.99. The van der Waals surface area contributed by atoms with Crippen LogP contribution in [-0.4, -0.2) is 33.2 Å². The standard InChI is InChI=1S/C16H32N2O2S/c1-8-9-10-21-14(20)13(19)16(7,11-12(2)3)18-17-15(4,5)6/h12-13,19H,8-11H2,1-7H3/b18-17+/t13-,16?/m1/s1. The molecule has 0 spiro atoms. The summed E-state index contributed by atoms with van der Waals surface area (Å²) in [6.45, 7) is 13.9. The number of carbonyl (C=O) groups is 1. The number of hydrogen-bond acceptors (Lipinski definition) is 5. The van der Waals surface area contributed by atoms with Crippen molar-refractivity contribution in [2.75, 3.05) is 5.75 Å². The Morgan fingerprint density at radius 3 is 2.19 bits per heavy atom. The molecule has 21 heavy (non-hydrogen) atoms. The Morgan fingerprint density at radius 1 is 1.19 bits per heavy atom. The summed E-state index contributed by atoms with van der Waals surface area (Å²) in [4.78, 5) is 12.2. The molecule has 0 saturated heterocycles. The van der Waals surface area contributed by atoms with E-state index >= 15 is 0 Å². The number of unbranched alkanes of at least 4 members (excludes halogenated alkanes) is 1. The van der Waals surface area contributed by atoms with Crippen molar-refractivity contribution in [3.8, 4) is 0 Å². The lowest BCUT2D eigenvalue weighted by molar-refractivity contribution is -0.121. The maximum Gasteiger partial charge on any atom is 0.219 e. The van der Waals surface area contributed by atoms with Crippen LogP contribution < -0.4 is 0 Å². The third-order valence-corrected chi connectivity index (χ3v) is 3.96. The molecule has 0 aliphatic rings. The van der Waals surface area contributed by atoms with Crippen molar-refractivity contribution in [2.24, 2.45) is 16.1 Å². The van der Waals surface area contributed by atoms with Crippen molar-refractivity contribution in [3.05, 3.63) is 0 Å². The molecule has 0 fully saturated rings. The number of aliphatic hydroxyl groups excluding tert-OH is 1. The van der Waals surface area contributed by atoms with Crippen LogP contribution in [-0.2, 0) is 4.79 Å². The van der Waals surface area contributed by atoms with Crippen LogP contribution in [0.5, 0.6) is 0 Å². The lowest BCUT2D eigenvalue weighted by Crippen LogP contribution is -2.43. The van der Waals surface area contributed by atoms with Crippen molar-refractivity contribution in [1.82, 2.24) is 0 Å². The summed E-state index contributed by atoms with van der Waals surface area (Å²) in [7, 11) is 0. The van der Waals surface area contributed by atoms with E-state index < -0.39 is 11.6 Å². The normalized spacial score (nSPS) is 17.2. The molecule has 2 atom stereocenters. The van der Waals surface area contributed by atoms with Gasteiger partial charge in [0.2, 0.25) is 5.12 Å². The molecule has 0 rings (SSSR count). The van der Waals surface area contributed by atoms with Crippen LogP contribution in [0.25, 0.3) is 0 Å². The molecule has 0 aromatic rings. The van der Waals surface area contributed by atoms with Crippen LogP contribution in [0.3, 0.4) is 0 Å². The molecule has 0 aromatic carbocycles. The van der Waals surface area contributed by atoms with E-state index in [-0.39, 0.29) is 10.7 Å². The number of hydrogen-bond donors (Lipinski definition) is 1. The van der Waals surface area contributed by atoms with Crippen molar-refractivity contribution >= 4 is 16.9 Å². The minimum atomic E-state index is -1.10. The van der Waals surface area contributed by atoms with Crippen LogP contribution in [0.2, 0.25) is 0 Å². The second-order valence-electron chi connectivity index (χ2n) is 7.25. The largest absolute Gasteiger partial charge is 0.382 e. The Labute approximate surface area is 134 Å². The first kappa shape index (κ1) is 20.6. The van der Waals surface area contributed by atoms with Gasteiger partial charge in [0, 0.05) is 5.75 Å². The van der Waals surface area contributed by atoms with Gasteiger partial charge in [0.1, 0.15) is 11.6 Å². The predicted molar refractivity (Wildman–Crippen MR) is 90.8 cm³/mol. The summed E-state index contributed by atoms with van der Waals surface area (Å²) >= 11 is 1.21. The Kier molecular flexibility index (Phi) is 8.71. The van der Waals surface area contributed by atoms with Gasteiger partial charge in [-0.15, -0.1) is 0 Å². The first-order valence-electron chi connectivity index (χ1n) is 7.80. The number of thioether (sulfide) groups is 1. The summed E-state index contributed by atoms with van der Waals surface area (Å²) < 4.78 is 0. The van der Waals surface area contributed by atoms with Gasteiger partial charge in [0.15, 0.2) is 0 Å². The molecular formula is C16H32N2O2S. The number of carbonyl (C=O) groups excluding carboxylic acids is 1. The fraction of sp³-hybridized carbons (Fsp3) is 0.938. The molecule has 0 heterocycles. The van der Waals surface area contributed by atoms with E-state index in [0.717, 1.165) is 18.6 Å². The van der Waals surface area contributed by atoms with Crippen LogP contribution >= 0.6 is 11.8 Å². The quantitative estimate of drug-likeness (QED) is 0.531. The van der Waals surface area contributed by atoms with E-state index in [1.165, 1.54) is 11.8 Å². The van der Waals surface area contributed by atoms with Gasteiger partial charge in [-0.2, -0.15) is 10.2 Å². The molecule has 5 heteroatoms. The minimum Gasteiger partial charge on any atom is -0.382 e. The topological polar surface area (TPSA) is 62.0 Å². The molecule has 0 radical (unpaired) electrons. The fourth-order valence-electron chi connectivity index (χ4n) is 1.95. The van der Waals surface area contributed by atoms with E-state index in [1.54, 1.807) is 0 Å². The minimum absolute atomic E-state index is 0.195. The number of aliphatic hydroxyl groups is 1. The van der Waals surface area contributed by atoms with E-state index in [2.05, 4.69) is 31.0 Å². The van der Waals surface area contributed by atoms with E-state index in [4.69, 9.17) is 0 Å². The van der Waals surface area contributed by atoms with Gasteiger partial charge in [-0.05, 0) is 46.5 Å². The molecule has 0 aliphatic carbocycles. The van der Waals surface area contributed by atoms with Crippen molar-refractivity contribution in [1.29, 1.82) is 0 Å². The Hall–Kier alpha value is -0.420. The average molecular weight is 317 g/mol. The zero-order valence-corrected chi connectivity index (χ0v) is 15.5. The second-order valence-corrected chi connectivity index (χ2v) is 8.35. The first-order chi connectivity index (χ1) is 9.52. The molecule has 0 saturated carbocycles. The predicted octanol–water partition coefficient (Wildman–Crippen LogP) is 4.46. The van der Waals surface area contributed by atoms with Crippen LogP contribution in [0.15, 0.2) is 10.2 Å². The molecule has 0 aromatic heterocycles. The van der Waals surface area contributed by atoms with E-state index in [1.807, 2.05) is 27.7 Å². The van der Waals surface area contributed by atoms with E-state index in [9.17, 15) is 9.90 Å². The van der Waals surface area contributed by atoms with Gasteiger partial charge < -0.3 is 5.11 Å². The second kappa shape index (κ2) is 8.89. The summed E-state index contributed by atoms with van der Waals surface area (Å²) in [6, 6.07) is 0. The molecule has 1 N–H and O–H groups in total. The Bertz CT molecular complexity index is 351. The summed E-state index contributed by atoms with van der Waals surface area (Å²) in [6.07, 6.45) is 1.55. The zero-order valence-electron chi connectivity index (χ0n) is 14.6.